The molecule has 0 saturated heterocycles. The van der Waals surface area contributed by atoms with Gasteiger partial charge in [0, 0.05) is 73.9 Å². The van der Waals surface area contributed by atoms with Crippen LogP contribution in [0.3, 0.4) is 0 Å². The van der Waals surface area contributed by atoms with Crippen molar-refractivity contribution in [3.8, 4) is 28.0 Å². The zero-order valence-corrected chi connectivity index (χ0v) is 27.8. The third-order valence-electron chi connectivity index (χ3n) is 9.68. The van der Waals surface area contributed by atoms with Crippen LogP contribution >= 0.6 is 0 Å². The summed E-state index contributed by atoms with van der Waals surface area (Å²) in [6.45, 7) is 4.88. The minimum atomic E-state index is -0.832. The number of hydrogen-bond donors (Lipinski definition) is 0. The number of likely N-dealkylation sites (N-methyl/N-ethyl adjacent to an activating group) is 1. The number of para-hydroxylation sites is 1. The zero-order chi connectivity index (χ0) is 33.1. The molecule has 3 aliphatic rings. The number of hydrogen-bond acceptors (Lipinski definition) is 5. The van der Waals surface area contributed by atoms with E-state index in [4.69, 9.17) is 13.9 Å². The molecule has 4 aromatic carbocycles. The fourth-order valence-electron chi connectivity index (χ4n) is 7.33. The first kappa shape index (κ1) is 29.3. The van der Waals surface area contributed by atoms with E-state index in [9.17, 15) is 0 Å². The number of benzene rings is 4. The quantitative estimate of drug-likeness (QED) is 0.192. The van der Waals surface area contributed by atoms with Crippen molar-refractivity contribution >= 4 is 33.1 Å². The van der Waals surface area contributed by atoms with Crippen LogP contribution < -0.4 is 4.74 Å². The van der Waals surface area contributed by atoms with Crippen molar-refractivity contribution < 1.29 is 13.9 Å². The minimum absolute atomic E-state index is 0.0222. The largest absolute Gasteiger partial charge is 0.457 e. The molecule has 0 spiro atoms. The molecule has 0 bridgehead atoms. The zero-order valence-electron chi connectivity index (χ0n) is 27.8. The molecule has 0 N–H and O–H groups in total. The highest BCUT2D eigenvalue weighted by molar-refractivity contribution is 6.05. The van der Waals surface area contributed by atoms with Gasteiger partial charge in [0.15, 0.2) is 0 Å². The molecule has 49 heavy (non-hydrogen) atoms. The van der Waals surface area contributed by atoms with Gasteiger partial charge in [-0.25, -0.2) is 0 Å². The molecule has 4 heterocycles. The summed E-state index contributed by atoms with van der Waals surface area (Å²) in [5, 5.41) is 2.26. The van der Waals surface area contributed by atoms with Crippen molar-refractivity contribution in [2.45, 2.75) is 32.0 Å². The number of aromatic nitrogens is 1. The van der Waals surface area contributed by atoms with E-state index in [1.165, 1.54) is 11.1 Å². The van der Waals surface area contributed by atoms with Crippen LogP contribution in [0.15, 0.2) is 144 Å². The van der Waals surface area contributed by atoms with Gasteiger partial charge in [-0.3, -0.25) is 4.98 Å². The standard InChI is InChI=1S/C44H36N2O3/c1-44(2)48-41-17-14-28(33-20-34(31-8-6-18-45-26-31)22-35(21-33)32-9-7-19-46(3)27-32)23-39(41)38-16-13-30(25-43(38)49-44)29-12-15-37-36-10-4-5-11-40(36)47-42(37)24-29/h4-15,17-18,20-27,38H,16,19H2,1-3H3. The predicted molar refractivity (Wildman–Crippen MR) is 198 cm³/mol. The normalized spacial score (nSPS) is 18.1. The van der Waals surface area contributed by atoms with Gasteiger partial charge in [-0.2, -0.15) is 0 Å². The number of ether oxygens (including phenoxy) is 2. The number of fused-ring (bicyclic) bond motifs is 6. The second-order valence-electron chi connectivity index (χ2n) is 13.6. The average molecular weight is 641 g/mol. The Kier molecular flexibility index (Phi) is 6.83. The monoisotopic (exact) mass is 640 g/mol. The van der Waals surface area contributed by atoms with Crippen molar-refractivity contribution in [2.75, 3.05) is 13.6 Å². The first-order valence-corrected chi connectivity index (χ1v) is 16.9. The summed E-state index contributed by atoms with van der Waals surface area (Å²) in [6, 6.07) is 32.2. The van der Waals surface area contributed by atoms with Gasteiger partial charge in [0.25, 0.3) is 0 Å². The lowest BCUT2D eigenvalue weighted by Crippen LogP contribution is -2.30. The molecule has 1 unspecified atom stereocenters. The molecule has 5 nitrogen and oxygen atoms in total. The Bertz CT molecular complexity index is 2390. The number of pyridine rings is 1. The fourth-order valence-corrected chi connectivity index (χ4v) is 7.33. The molecule has 0 amide bonds. The molecule has 9 rings (SSSR count). The lowest BCUT2D eigenvalue weighted by atomic mass is 9.84. The Morgan fingerprint density at radius 1 is 0.735 bits per heavy atom. The van der Waals surface area contributed by atoms with Gasteiger partial charge >= 0.3 is 0 Å². The molecule has 0 radical (unpaired) electrons. The van der Waals surface area contributed by atoms with Crippen LogP contribution in [0.25, 0.3) is 55.3 Å². The first-order chi connectivity index (χ1) is 23.9. The molecule has 0 fully saturated rings. The third kappa shape index (κ3) is 5.41. The predicted octanol–water partition coefficient (Wildman–Crippen LogP) is 10.8. The number of allylic oxidation sites excluding steroid dienone is 6. The van der Waals surface area contributed by atoms with Crippen LogP contribution in [-0.4, -0.2) is 29.3 Å². The van der Waals surface area contributed by atoms with E-state index in [2.05, 4.69) is 120 Å². The maximum Gasteiger partial charge on any atom is 0.245 e. The Hall–Kier alpha value is -5.81. The van der Waals surface area contributed by atoms with Crippen molar-refractivity contribution in [3.05, 3.63) is 156 Å². The van der Waals surface area contributed by atoms with E-state index in [1.54, 1.807) is 0 Å². The van der Waals surface area contributed by atoms with Crippen molar-refractivity contribution in [2.24, 2.45) is 0 Å². The fraction of sp³-hybridized carbons (Fsp3) is 0.159. The summed E-state index contributed by atoms with van der Waals surface area (Å²) < 4.78 is 19.4. The highest BCUT2D eigenvalue weighted by Gasteiger charge is 2.36. The maximum absolute atomic E-state index is 6.65. The number of rotatable bonds is 4. The maximum atomic E-state index is 6.65. The number of nitrogens with zero attached hydrogens (tertiary/aromatic N) is 2. The second kappa shape index (κ2) is 11.4. The Balaban J connectivity index is 1.12. The van der Waals surface area contributed by atoms with E-state index in [0.29, 0.717) is 0 Å². The van der Waals surface area contributed by atoms with Crippen LogP contribution in [0.2, 0.25) is 0 Å². The topological polar surface area (TPSA) is 47.7 Å². The third-order valence-corrected chi connectivity index (χ3v) is 9.68. The van der Waals surface area contributed by atoms with Crippen LogP contribution in [0, 0.1) is 0 Å². The molecule has 2 aliphatic heterocycles. The van der Waals surface area contributed by atoms with Crippen LogP contribution in [0.1, 0.15) is 42.9 Å². The summed E-state index contributed by atoms with van der Waals surface area (Å²) >= 11 is 0. The summed E-state index contributed by atoms with van der Waals surface area (Å²) in [7, 11) is 2.11. The molecule has 6 aromatic rings. The van der Waals surface area contributed by atoms with Gasteiger partial charge in [0.1, 0.15) is 22.7 Å². The van der Waals surface area contributed by atoms with E-state index in [1.807, 2.05) is 44.4 Å². The van der Waals surface area contributed by atoms with Gasteiger partial charge in [0.05, 0.1) is 0 Å². The van der Waals surface area contributed by atoms with E-state index < -0.39 is 5.79 Å². The van der Waals surface area contributed by atoms with E-state index in [-0.39, 0.29) is 5.92 Å². The Morgan fingerprint density at radius 3 is 2.41 bits per heavy atom. The minimum Gasteiger partial charge on any atom is -0.457 e. The summed E-state index contributed by atoms with van der Waals surface area (Å²) in [4.78, 5) is 6.62. The summed E-state index contributed by atoms with van der Waals surface area (Å²) in [5.74, 6) is 0.953. The van der Waals surface area contributed by atoms with Crippen LogP contribution in [0.4, 0.5) is 0 Å². The van der Waals surface area contributed by atoms with Gasteiger partial charge in [-0.1, -0.05) is 54.6 Å². The Morgan fingerprint density at radius 2 is 1.55 bits per heavy atom. The van der Waals surface area contributed by atoms with Gasteiger partial charge in [-0.05, 0) is 106 Å². The SMILES string of the molecule is CN1C=C(c2cc(-c3cccnc3)cc(-c3ccc4c(c3)C3CC=C(c5ccc6c(c5)oc5ccccc56)C=C3OC(C)(C)O4)c2)C=CC1. The van der Waals surface area contributed by atoms with E-state index in [0.717, 1.165) is 85.4 Å². The molecule has 240 valence electrons. The molecule has 1 atom stereocenters. The number of furan rings is 1. The summed E-state index contributed by atoms with van der Waals surface area (Å²) in [5.41, 5.74) is 12.0. The molecule has 5 heteroatoms. The Labute approximate surface area is 286 Å². The van der Waals surface area contributed by atoms with Crippen molar-refractivity contribution in [1.29, 1.82) is 0 Å². The molecular weight excluding hydrogens is 604 g/mol. The lowest BCUT2D eigenvalue weighted by molar-refractivity contribution is -0.123. The van der Waals surface area contributed by atoms with Gasteiger partial charge in [0.2, 0.25) is 5.79 Å². The average Bonchev–Trinajstić information content (AvgIpc) is 3.44. The van der Waals surface area contributed by atoms with Gasteiger partial charge < -0.3 is 18.8 Å². The highest BCUT2D eigenvalue weighted by atomic mass is 16.7. The first-order valence-electron chi connectivity index (χ1n) is 16.9. The second-order valence-corrected chi connectivity index (χ2v) is 13.6. The van der Waals surface area contributed by atoms with Crippen LogP contribution in [0.5, 0.6) is 5.75 Å². The highest BCUT2D eigenvalue weighted by Crippen LogP contribution is 2.47. The van der Waals surface area contributed by atoms with E-state index >= 15 is 0 Å². The lowest BCUT2D eigenvalue weighted by Gasteiger charge is -2.28. The molecular formula is C44H36N2O3. The van der Waals surface area contributed by atoms with Crippen molar-refractivity contribution in [1.82, 2.24) is 9.88 Å². The summed E-state index contributed by atoms with van der Waals surface area (Å²) in [6.07, 6.45) is 15.7. The smallest absolute Gasteiger partial charge is 0.245 e. The molecule has 1 aliphatic carbocycles. The molecule has 0 saturated carbocycles. The van der Waals surface area contributed by atoms with Crippen molar-refractivity contribution in [3.63, 3.8) is 0 Å². The van der Waals surface area contributed by atoms with Gasteiger partial charge in [-0.15, -0.1) is 0 Å². The molecule has 2 aromatic heterocycles. The van der Waals surface area contributed by atoms with Crippen LogP contribution in [-0.2, 0) is 4.74 Å².